The number of benzene rings is 2. The number of carbonyl (C=O) groups excluding carboxylic acids is 1. The van der Waals surface area contributed by atoms with Crippen molar-refractivity contribution in [2.24, 2.45) is 0 Å². The highest BCUT2D eigenvalue weighted by Crippen LogP contribution is 2.18. The van der Waals surface area contributed by atoms with Gasteiger partial charge in [0.2, 0.25) is 11.9 Å². The van der Waals surface area contributed by atoms with Crippen LogP contribution in [0.4, 0.5) is 21.7 Å². The molecule has 0 aliphatic carbocycles. The van der Waals surface area contributed by atoms with Crippen LogP contribution in [0.5, 0.6) is 0 Å². The summed E-state index contributed by atoms with van der Waals surface area (Å²) in [5, 5.41) is 11.0. The highest BCUT2D eigenvalue weighted by molar-refractivity contribution is 5.98. The van der Waals surface area contributed by atoms with E-state index in [1.807, 2.05) is 18.2 Å². The maximum Gasteiger partial charge on any atom is 0.247 e. The Morgan fingerprint density at radius 1 is 1.14 bits per heavy atom. The first kappa shape index (κ1) is 18.3. The molecule has 144 valence electrons. The molecule has 0 radical (unpaired) electrons. The van der Waals surface area contributed by atoms with Crippen LogP contribution in [0, 0.1) is 5.82 Å². The summed E-state index contributed by atoms with van der Waals surface area (Å²) in [5.74, 6) is -0.190. The Kier molecular flexibility index (Phi) is 4.98. The standard InChI is InChI=1S/C21H17FN6O/c1-2-19(29)25-18-5-3-4-14(10-18)13-28-20-15(12-24-28)11-23-21(27-20)26-17-8-6-16(22)7-9-17/h2-12H,1,13H2,(H,25,29)(H,23,26,27). The van der Waals surface area contributed by atoms with Gasteiger partial charge < -0.3 is 10.6 Å². The Bertz CT molecular complexity index is 1190. The van der Waals surface area contributed by atoms with E-state index in [4.69, 9.17) is 0 Å². The fraction of sp³-hybridized carbons (Fsp3) is 0.0476. The van der Waals surface area contributed by atoms with E-state index in [1.54, 1.807) is 35.3 Å². The molecule has 4 aromatic rings. The molecular formula is C21H17FN6O. The van der Waals surface area contributed by atoms with Crippen LogP contribution < -0.4 is 10.6 Å². The average molecular weight is 388 g/mol. The monoisotopic (exact) mass is 388 g/mol. The molecule has 0 aliphatic rings. The number of amides is 1. The molecule has 2 heterocycles. The van der Waals surface area contributed by atoms with Crippen LogP contribution in [0.1, 0.15) is 5.56 Å². The fourth-order valence-electron chi connectivity index (χ4n) is 2.82. The molecule has 0 bridgehead atoms. The first-order chi connectivity index (χ1) is 14.1. The van der Waals surface area contributed by atoms with Gasteiger partial charge in [-0.1, -0.05) is 18.7 Å². The summed E-state index contributed by atoms with van der Waals surface area (Å²) in [7, 11) is 0. The van der Waals surface area contributed by atoms with Gasteiger partial charge in [0, 0.05) is 17.6 Å². The van der Waals surface area contributed by atoms with Crippen molar-refractivity contribution in [1.82, 2.24) is 19.7 Å². The first-order valence-electron chi connectivity index (χ1n) is 8.84. The number of anilines is 3. The van der Waals surface area contributed by atoms with Crippen LogP contribution in [0.25, 0.3) is 11.0 Å². The van der Waals surface area contributed by atoms with E-state index in [0.29, 0.717) is 29.5 Å². The lowest BCUT2D eigenvalue weighted by Crippen LogP contribution is -2.08. The molecule has 0 unspecified atom stereocenters. The zero-order chi connectivity index (χ0) is 20.2. The number of hydrogen-bond acceptors (Lipinski definition) is 5. The lowest BCUT2D eigenvalue weighted by Gasteiger charge is -2.08. The maximum atomic E-state index is 13.1. The molecule has 7 nitrogen and oxygen atoms in total. The molecule has 0 saturated carbocycles. The SMILES string of the molecule is C=CC(=O)Nc1cccc(Cn2ncc3cnc(Nc4ccc(F)cc4)nc32)c1. The molecule has 8 heteroatoms. The quantitative estimate of drug-likeness (QED) is 0.490. The Morgan fingerprint density at radius 3 is 2.76 bits per heavy atom. The van der Waals surface area contributed by atoms with Gasteiger partial charge in [0.05, 0.1) is 18.1 Å². The normalized spacial score (nSPS) is 10.7. The van der Waals surface area contributed by atoms with E-state index < -0.39 is 0 Å². The van der Waals surface area contributed by atoms with E-state index >= 15 is 0 Å². The van der Waals surface area contributed by atoms with E-state index in [2.05, 4.69) is 32.3 Å². The minimum atomic E-state index is -0.309. The summed E-state index contributed by atoms with van der Waals surface area (Å²) < 4.78 is 14.8. The number of aromatic nitrogens is 4. The average Bonchev–Trinajstić information content (AvgIpc) is 3.12. The molecule has 0 spiro atoms. The summed E-state index contributed by atoms with van der Waals surface area (Å²) in [6, 6.07) is 13.4. The number of nitrogens with one attached hydrogen (secondary N) is 2. The second-order valence-corrected chi connectivity index (χ2v) is 6.30. The van der Waals surface area contributed by atoms with Gasteiger partial charge in [-0.3, -0.25) is 4.79 Å². The van der Waals surface area contributed by atoms with Crippen molar-refractivity contribution in [2.45, 2.75) is 6.54 Å². The Morgan fingerprint density at radius 2 is 1.97 bits per heavy atom. The minimum Gasteiger partial charge on any atom is -0.324 e. The van der Waals surface area contributed by atoms with Gasteiger partial charge in [0.15, 0.2) is 5.65 Å². The van der Waals surface area contributed by atoms with E-state index in [-0.39, 0.29) is 11.7 Å². The Labute approximate surface area is 165 Å². The van der Waals surface area contributed by atoms with Gasteiger partial charge in [-0.25, -0.2) is 14.1 Å². The number of rotatable bonds is 6. The first-order valence-corrected chi connectivity index (χ1v) is 8.84. The fourth-order valence-corrected chi connectivity index (χ4v) is 2.82. The van der Waals surface area contributed by atoms with Gasteiger partial charge in [0.1, 0.15) is 5.82 Å². The second-order valence-electron chi connectivity index (χ2n) is 6.30. The molecule has 2 aromatic heterocycles. The lowest BCUT2D eigenvalue weighted by molar-refractivity contribution is -0.111. The highest BCUT2D eigenvalue weighted by atomic mass is 19.1. The molecule has 0 saturated heterocycles. The second kappa shape index (κ2) is 7.89. The van der Waals surface area contributed by atoms with Crippen LogP contribution in [0.3, 0.4) is 0 Å². The topological polar surface area (TPSA) is 84.7 Å². The van der Waals surface area contributed by atoms with Crippen LogP contribution in [0.2, 0.25) is 0 Å². The molecule has 1 amide bonds. The van der Waals surface area contributed by atoms with E-state index in [1.165, 1.54) is 18.2 Å². The Balaban J connectivity index is 1.58. The van der Waals surface area contributed by atoms with Crippen molar-refractivity contribution < 1.29 is 9.18 Å². The Hall–Kier alpha value is -4.07. The van der Waals surface area contributed by atoms with Crippen LogP contribution in [-0.2, 0) is 11.3 Å². The zero-order valence-corrected chi connectivity index (χ0v) is 15.3. The van der Waals surface area contributed by atoms with E-state index in [9.17, 15) is 9.18 Å². The van der Waals surface area contributed by atoms with Crippen molar-refractivity contribution in [2.75, 3.05) is 10.6 Å². The van der Waals surface area contributed by atoms with Gasteiger partial charge in [-0.05, 0) is 48.0 Å². The van der Waals surface area contributed by atoms with Crippen molar-refractivity contribution in [3.8, 4) is 0 Å². The van der Waals surface area contributed by atoms with Crippen molar-refractivity contribution >= 4 is 34.3 Å². The molecule has 0 atom stereocenters. The number of halogens is 1. The molecule has 4 rings (SSSR count). The van der Waals surface area contributed by atoms with Gasteiger partial charge in [0.25, 0.3) is 0 Å². The van der Waals surface area contributed by atoms with Gasteiger partial charge in [-0.15, -0.1) is 0 Å². The predicted molar refractivity (Wildman–Crippen MR) is 109 cm³/mol. The maximum absolute atomic E-state index is 13.1. The molecular weight excluding hydrogens is 371 g/mol. The minimum absolute atomic E-state index is 0.268. The summed E-state index contributed by atoms with van der Waals surface area (Å²) in [6.07, 6.45) is 4.60. The predicted octanol–water partition coefficient (Wildman–Crippen LogP) is 3.88. The van der Waals surface area contributed by atoms with Crippen LogP contribution in [0.15, 0.2) is 73.6 Å². The molecule has 2 N–H and O–H groups in total. The lowest BCUT2D eigenvalue weighted by atomic mass is 10.2. The van der Waals surface area contributed by atoms with Gasteiger partial charge >= 0.3 is 0 Å². The zero-order valence-electron chi connectivity index (χ0n) is 15.3. The number of fused-ring (bicyclic) bond motifs is 1. The smallest absolute Gasteiger partial charge is 0.247 e. The van der Waals surface area contributed by atoms with Crippen LogP contribution >= 0.6 is 0 Å². The summed E-state index contributed by atoms with van der Waals surface area (Å²) in [4.78, 5) is 20.3. The third-order valence-electron chi connectivity index (χ3n) is 4.19. The number of carbonyl (C=O) groups is 1. The third kappa shape index (κ3) is 4.27. The van der Waals surface area contributed by atoms with Crippen molar-refractivity contribution in [3.63, 3.8) is 0 Å². The summed E-state index contributed by atoms with van der Waals surface area (Å²) in [5.41, 5.74) is 2.97. The highest BCUT2D eigenvalue weighted by Gasteiger charge is 2.09. The number of hydrogen-bond donors (Lipinski definition) is 2. The number of nitrogens with zero attached hydrogens (tertiary/aromatic N) is 4. The summed E-state index contributed by atoms with van der Waals surface area (Å²) in [6.45, 7) is 3.92. The van der Waals surface area contributed by atoms with Crippen molar-refractivity contribution in [1.29, 1.82) is 0 Å². The third-order valence-corrected chi connectivity index (χ3v) is 4.19. The van der Waals surface area contributed by atoms with E-state index in [0.717, 1.165) is 10.9 Å². The van der Waals surface area contributed by atoms with Gasteiger partial charge in [-0.2, -0.15) is 10.1 Å². The largest absolute Gasteiger partial charge is 0.324 e. The summed E-state index contributed by atoms with van der Waals surface area (Å²) >= 11 is 0. The van der Waals surface area contributed by atoms with Crippen LogP contribution in [-0.4, -0.2) is 25.7 Å². The molecule has 29 heavy (non-hydrogen) atoms. The van der Waals surface area contributed by atoms with Crippen molar-refractivity contribution in [3.05, 3.63) is 85.0 Å². The molecule has 0 aliphatic heterocycles. The molecule has 2 aromatic carbocycles. The molecule has 0 fully saturated rings.